The van der Waals surface area contributed by atoms with Crippen molar-refractivity contribution in [2.75, 3.05) is 4.31 Å². The molecule has 0 fully saturated rings. The molecule has 0 radical (unpaired) electrons. The maximum absolute atomic E-state index is 12.3. The van der Waals surface area contributed by atoms with E-state index >= 15 is 0 Å². The van der Waals surface area contributed by atoms with Crippen molar-refractivity contribution in [2.45, 2.75) is 13.0 Å². The van der Waals surface area contributed by atoms with E-state index < -0.39 is 17.4 Å². The molecular weight excluding hydrogens is 460 g/mol. The topological polar surface area (TPSA) is 113 Å². The minimum atomic E-state index is -2.58. The number of aryl methyl sites for hydroxylation is 1. The number of nitrogens with zero attached hydrogens (tertiary/aromatic N) is 4. The van der Waals surface area contributed by atoms with Crippen LogP contribution in [0.25, 0.3) is 21.8 Å². The second kappa shape index (κ2) is 9.24. The number of fused-ring (bicyclic) bond motifs is 2. The van der Waals surface area contributed by atoms with Crippen molar-refractivity contribution in [3.63, 3.8) is 0 Å². The van der Waals surface area contributed by atoms with Crippen molar-refractivity contribution in [1.82, 2.24) is 9.97 Å². The van der Waals surface area contributed by atoms with Crippen LogP contribution in [0.3, 0.4) is 0 Å². The van der Waals surface area contributed by atoms with Crippen LogP contribution in [0.5, 0.6) is 0 Å². The highest BCUT2D eigenvalue weighted by Gasteiger charge is 2.17. The third kappa shape index (κ3) is 4.36. The van der Waals surface area contributed by atoms with E-state index in [1.54, 1.807) is 66.9 Å². The number of aliphatic hydroxyl groups excluding tert-OH is 1. The van der Waals surface area contributed by atoms with E-state index in [9.17, 15) is 13.9 Å². The van der Waals surface area contributed by atoms with Gasteiger partial charge in [0.15, 0.2) is 0 Å². The zero-order valence-electron chi connectivity index (χ0n) is 18.6. The van der Waals surface area contributed by atoms with Gasteiger partial charge in [-0.05, 0) is 72.6 Å². The zero-order valence-corrected chi connectivity index (χ0v) is 19.4. The molecule has 2 aromatic heterocycles. The molecule has 1 N–H and O–H groups in total. The van der Waals surface area contributed by atoms with Gasteiger partial charge in [0.25, 0.3) is 0 Å². The summed E-state index contributed by atoms with van der Waals surface area (Å²) in [4.78, 5) is 8.94. The second-order valence-corrected chi connectivity index (χ2v) is 8.89. The maximum Gasteiger partial charge on any atom is 0.121 e. The first kappa shape index (κ1) is 22.6. The first-order chi connectivity index (χ1) is 16.9. The summed E-state index contributed by atoms with van der Waals surface area (Å²) in [5.74, 6) is 0. The summed E-state index contributed by atoms with van der Waals surface area (Å²) in [5, 5.41) is 21.6. The van der Waals surface area contributed by atoms with Crippen molar-refractivity contribution in [2.24, 2.45) is 0 Å². The number of hydrogen-bond donors (Lipinski definition) is 1. The summed E-state index contributed by atoms with van der Waals surface area (Å²) in [6.07, 6.45) is 0.694. The predicted octanol–water partition coefficient (Wildman–Crippen LogP) is 4.98. The molecule has 5 rings (SSSR count). The maximum atomic E-state index is 12.3. The van der Waals surface area contributed by atoms with Gasteiger partial charge >= 0.3 is 0 Å². The Bertz CT molecular complexity index is 1630. The van der Waals surface area contributed by atoms with Gasteiger partial charge in [-0.15, -0.1) is 0 Å². The summed E-state index contributed by atoms with van der Waals surface area (Å²) in [6.45, 7) is 1.92. The lowest BCUT2D eigenvalue weighted by molar-refractivity contribution is 0.215. The normalized spacial score (nSPS) is 12.9. The third-order valence-corrected chi connectivity index (χ3v) is 6.58. The Hall–Kier alpha value is -4.16. The van der Waals surface area contributed by atoms with Gasteiger partial charge in [-0.2, -0.15) is 5.26 Å². The molecule has 172 valence electrons. The van der Waals surface area contributed by atoms with Crippen LogP contribution in [0, 0.1) is 18.3 Å². The number of anilines is 2. The van der Waals surface area contributed by atoms with Crippen LogP contribution in [-0.4, -0.2) is 23.8 Å². The van der Waals surface area contributed by atoms with Gasteiger partial charge < -0.3 is 9.66 Å². The first-order valence-electron chi connectivity index (χ1n) is 10.8. The fraction of sp³-hybridized carbons (Fsp3) is 0.0741. The van der Waals surface area contributed by atoms with E-state index in [1.807, 2.05) is 25.1 Å². The van der Waals surface area contributed by atoms with Gasteiger partial charge in [0.2, 0.25) is 0 Å². The summed E-state index contributed by atoms with van der Waals surface area (Å²) in [7, 11) is 0. The number of aromatic nitrogens is 2. The molecule has 8 heteroatoms. The molecule has 0 aliphatic rings. The molecule has 0 bridgehead atoms. The summed E-state index contributed by atoms with van der Waals surface area (Å²) in [6, 6.07) is 24.7. The lowest BCUT2D eigenvalue weighted by Gasteiger charge is -2.27. The molecule has 5 aromatic rings. The van der Waals surface area contributed by atoms with E-state index in [-0.39, 0.29) is 0 Å². The monoisotopic (exact) mass is 479 g/mol. The average Bonchev–Trinajstić information content (AvgIpc) is 2.88. The highest BCUT2D eigenvalue weighted by molar-refractivity contribution is 7.81. The Labute approximate surface area is 204 Å². The van der Waals surface area contributed by atoms with Crippen molar-refractivity contribution in [3.05, 3.63) is 107 Å². The number of nitriles is 1. The molecule has 0 spiro atoms. The molecule has 7 nitrogen and oxygen atoms in total. The molecule has 0 amide bonds. The molecule has 2 atom stereocenters. The van der Waals surface area contributed by atoms with Crippen LogP contribution in [0.4, 0.5) is 11.4 Å². The number of pyridine rings is 2. The van der Waals surface area contributed by atoms with E-state index in [2.05, 4.69) is 16.0 Å². The van der Waals surface area contributed by atoms with Gasteiger partial charge in [-0.3, -0.25) is 13.5 Å². The largest absolute Gasteiger partial charge is 0.755 e. The molecule has 35 heavy (non-hydrogen) atoms. The SMILES string of the molecule is Cc1cc(C(O)c2ccc(C#N)cc2)nc2cc(N(c3ccc4ncccc4c3)S(=O)[O-])ccc12. The van der Waals surface area contributed by atoms with E-state index in [0.717, 1.165) is 21.9 Å². The van der Waals surface area contributed by atoms with Crippen LogP contribution < -0.4 is 4.31 Å². The highest BCUT2D eigenvalue weighted by atomic mass is 32.2. The Morgan fingerprint density at radius 1 is 1.00 bits per heavy atom. The summed E-state index contributed by atoms with van der Waals surface area (Å²) >= 11 is -2.58. The van der Waals surface area contributed by atoms with E-state index in [0.29, 0.717) is 33.7 Å². The van der Waals surface area contributed by atoms with Crippen LogP contribution in [0.2, 0.25) is 0 Å². The first-order valence-corrected chi connectivity index (χ1v) is 11.8. The molecule has 0 aliphatic carbocycles. The number of benzene rings is 3. The van der Waals surface area contributed by atoms with E-state index in [4.69, 9.17) is 5.26 Å². The van der Waals surface area contributed by atoms with E-state index in [1.165, 1.54) is 4.31 Å². The molecule has 0 aliphatic heterocycles. The average molecular weight is 480 g/mol. The van der Waals surface area contributed by atoms with Crippen LogP contribution in [0.1, 0.15) is 28.5 Å². The number of hydrogen-bond acceptors (Lipinski definition) is 6. The Morgan fingerprint density at radius 2 is 1.74 bits per heavy atom. The molecule has 0 saturated heterocycles. The van der Waals surface area contributed by atoms with Crippen LogP contribution in [0.15, 0.2) is 85.1 Å². The molecule has 2 heterocycles. The van der Waals surface area contributed by atoms with Gasteiger partial charge in [0.1, 0.15) is 6.10 Å². The molecular formula is C27H19N4O3S-. The third-order valence-electron chi connectivity index (χ3n) is 5.86. The summed E-state index contributed by atoms with van der Waals surface area (Å²) in [5.41, 5.74) is 4.67. The van der Waals surface area contributed by atoms with Gasteiger partial charge in [-0.1, -0.05) is 24.3 Å². The Morgan fingerprint density at radius 3 is 2.49 bits per heavy atom. The van der Waals surface area contributed by atoms with Gasteiger partial charge in [0, 0.05) is 17.0 Å². The second-order valence-electron chi connectivity index (χ2n) is 8.09. The standard InChI is InChI=1S/C27H20N4O3S/c1-17-13-26(27(32)19-6-4-18(16-28)5-7-19)30-25-15-22(8-10-23(17)25)31(35(33)34)21-9-11-24-20(14-21)3-2-12-29-24/h2-15,27,32H,1H3,(H,33,34)/p-1. The van der Waals surface area contributed by atoms with Crippen LogP contribution >= 0.6 is 0 Å². The fourth-order valence-electron chi connectivity index (χ4n) is 4.10. The fourth-order valence-corrected chi connectivity index (χ4v) is 4.68. The highest BCUT2D eigenvalue weighted by Crippen LogP contribution is 2.33. The smallest absolute Gasteiger partial charge is 0.121 e. The van der Waals surface area contributed by atoms with Crippen molar-refractivity contribution < 1.29 is 13.9 Å². The van der Waals surface area contributed by atoms with Gasteiger partial charge in [0.05, 0.1) is 51.0 Å². The number of aliphatic hydroxyl groups is 1. The predicted molar refractivity (Wildman–Crippen MR) is 135 cm³/mol. The van der Waals surface area contributed by atoms with Gasteiger partial charge in [-0.25, -0.2) is 4.98 Å². The van der Waals surface area contributed by atoms with Crippen molar-refractivity contribution >= 4 is 44.4 Å². The van der Waals surface area contributed by atoms with Crippen molar-refractivity contribution in [3.8, 4) is 6.07 Å². The summed E-state index contributed by atoms with van der Waals surface area (Å²) < 4.78 is 25.8. The zero-order chi connectivity index (χ0) is 24.5. The molecule has 0 saturated carbocycles. The quantitative estimate of drug-likeness (QED) is 0.356. The lowest BCUT2D eigenvalue weighted by atomic mass is 10.0. The number of rotatable bonds is 5. The Kier molecular flexibility index (Phi) is 5.97. The molecule has 3 aromatic carbocycles. The lowest BCUT2D eigenvalue weighted by Crippen LogP contribution is -2.19. The van der Waals surface area contributed by atoms with Crippen LogP contribution in [-0.2, 0) is 11.3 Å². The minimum Gasteiger partial charge on any atom is -0.755 e. The molecule has 2 unspecified atom stereocenters. The van der Waals surface area contributed by atoms with Crippen molar-refractivity contribution in [1.29, 1.82) is 5.26 Å². The minimum absolute atomic E-state index is 0.422. The Balaban J connectivity index is 1.58.